The van der Waals surface area contributed by atoms with Crippen LogP contribution in [0.25, 0.3) is 0 Å². The molecule has 1 heterocycles. The maximum atomic E-state index is 12.3. The van der Waals surface area contributed by atoms with E-state index < -0.39 is 11.5 Å². The van der Waals surface area contributed by atoms with Crippen LogP contribution in [0.15, 0.2) is 49.1 Å². The molecule has 4 nitrogen and oxygen atoms in total. The molecule has 1 amide bonds. The number of hydrogen-bond acceptors (Lipinski definition) is 3. The number of carbonyl (C=O) groups is 1. The SMILES string of the molecule is C=CCN1C(=O)C(O)(C(=C)C#N)c2ccccc21. The van der Waals surface area contributed by atoms with E-state index in [1.165, 1.54) is 4.90 Å². The molecular weight excluding hydrogens is 228 g/mol. The zero-order chi connectivity index (χ0) is 13.3. The van der Waals surface area contributed by atoms with Crippen LogP contribution in [0.4, 0.5) is 5.69 Å². The zero-order valence-electron chi connectivity index (χ0n) is 9.76. The Morgan fingerprint density at radius 2 is 2.22 bits per heavy atom. The van der Waals surface area contributed by atoms with Crippen molar-refractivity contribution < 1.29 is 9.90 Å². The summed E-state index contributed by atoms with van der Waals surface area (Å²) in [4.78, 5) is 13.7. The molecule has 0 bridgehead atoms. The molecule has 1 aromatic carbocycles. The van der Waals surface area contributed by atoms with Crippen LogP contribution in [0.5, 0.6) is 0 Å². The number of benzene rings is 1. The maximum Gasteiger partial charge on any atom is 0.269 e. The first-order valence-electron chi connectivity index (χ1n) is 5.41. The lowest BCUT2D eigenvalue weighted by Gasteiger charge is -2.21. The molecule has 1 aromatic rings. The van der Waals surface area contributed by atoms with E-state index in [0.717, 1.165) is 0 Å². The van der Waals surface area contributed by atoms with Gasteiger partial charge in [0.2, 0.25) is 5.60 Å². The predicted octanol–water partition coefficient (Wildman–Crippen LogP) is 1.49. The van der Waals surface area contributed by atoms with E-state index in [9.17, 15) is 9.90 Å². The largest absolute Gasteiger partial charge is 0.371 e. The number of amides is 1. The Kier molecular flexibility index (Phi) is 2.77. The molecule has 0 fully saturated rings. The summed E-state index contributed by atoms with van der Waals surface area (Å²) in [5, 5.41) is 19.4. The second-order valence-corrected chi connectivity index (χ2v) is 4.02. The fraction of sp³-hybridized carbons (Fsp3) is 0.143. The molecule has 2 rings (SSSR count). The molecule has 1 N–H and O–H groups in total. The fourth-order valence-electron chi connectivity index (χ4n) is 2.12. The van der Waals surface area contributed by atoms with Gasteiger partial charge in [-0.3, -0.25) is 4.79 Å². The van der Waals surface area contributed by atoms with Gasteiger partial charge in [0, 0.05) is 12.1 Å². The Balaban J connectivity index is 2.66. The van der Waals surface area contributed by atoms with Crippen molar-refractivity contribution in [3.05, 3.63) is 54.6 Å². The summed E-state index contributed by atoms with van der Waals surface area (Å²) in [6.07, 6.45) is 1.57. The second-order valence-electron chi connectivity index (χ2n) is 4.02. The number of rotatable bonds is 3. The van der Waals surface area contributed by atoms with Gasteiger partial charge in [-0.25, -0.2) is 0 Å². The highest BCUT2D eigenvalue weighted by Gasteiger charge is 2.51. The fourth-order valence-corrected chi connectivity index (χ4v) is 2.12. The number of aliphatic hydroxyl groups is 1. The lowest BCUT2D eigenvalue weighted by Crippen LogP contribution is -2.41. The van der Waals surface area contributed by atoms with Crippen LogP contribution in [0, 0.1) is 11.3 Å². The molecule has 1 atom stereocenters. The molecule has 1 unspecified atom stereocenters. The molecule has 0 radical (unpaired) electrons. The molecular formula is C14H12N2O2. The summed E-state index contributed by atoms with van der Waals surface area (Å²) < 4.78 is 0. The van der Waals surface area contributed by atoms with E-state index in [1.807, 2.05) is 0 Å². The van der Waals surface area contributed by atoms with Crippen molar-refractivity contribution in [2.24, 2.45) is 0 Å². The average molecular weight is 240 g/mol. The quantitative estimate of drug-likeness (QED) is 0.643. The first-order valence-corrected chi connectivity index (χ1v) is 5.41. The Labute approximate surface area is 105 Å². The molecule has 1 aliphatic rings. The number of hydrogen-bond donors (Lipinski definition) is 1. The molecule has 0 spiro atoms. The summed E-state index contributed by atoms with van der Waals surface area (Å²) >= 11 is 0. The number of nitrogens with zero attached hydrogens (tertiary/aromatic N) is 2. The summed E-state index contributed by atoms with van der Waals surface area (Å²) in [5.41, 5.74) is -1.15. The van der Waals surface area contributed by atoms with Gasteiger partial charge in [0.15, 0.2) is 0 Å². The Bertz CT molecular complexity index is 586. The van der Waals surface area contributed by atoms with E-state index in [4.69, 9.17) is 5.26 Å². The molecule has 0 aliphatic carbocycles. The highest BCUT2D eigenvalue weighted by atomic mass is 16.3. The van der Waals surface area contributed by atoms with Crippen molar-refractivity contribution >= 4 is 11.6 Å². The summed E-state index contributed by atoms with van der Waals surface area (Å²) in [7, 11) is 0. The van der Waals surface area contributed by atoms with Gasteiger partial charge in [0.25, 0.3) is 5.91 Å². The van der Waals surface area contributed by atoms with Gasteiger partial charge >= 0.3 is 0 Å². The van der Waals surface area contributed by atoms with Crippen molar-refractivity contribution in [2.75, 3.05) is 11.4 Å². The van der Waals surface area contributed by atoms with Gasteiger partial charge in [0.1, 0.15) is 0 Å². The van der Waals surface area contributed by atoms with Crippen LogP contribution < -0.4 is 4.90 Å². The molecule has 18 heavy (non-hydrogen) atoms. The predicted molar refractivity (Wildman–Crippen MR) is 67.6 cm³/mol. The van der Waals surface area contributed by atoms with E-state index in [0.29, 0.717) is 11.3 Å². The number of carbonyl (C=O) groups excluding carboxylic acids is 1. The van der Waals surface area contributed by atoms with Crippen molar-refractivity contribution in [3.8, 4) is 6.07 Å². The number of fused-ring (bicyclic) bond motifs is 1. The molecule has 90 valence electrons. The third kappa shape index (κ3) is 1.38. The van der Waals surface area contributed by atoms with Crippen molar-refractivity contribution in [1.29, 1.82) is 5.26 Å². The van der Waals surface area contributed by atoms with Crippen LogP contribution in [0.2, 0.25) is 0 Å². The smallest absolute Gasteiger partial charge is 0.269 e. The van der Waals surface area contributed by atoms with Gasteiger partial charge in [0.05, 0.1) is 17.3 Å². The van der Waals surface area contributed by atoms with Gasteiger partial charge < -0.3 is 10.0 Å². The Hall–Kier alpha value is -2.38. The van der Waals surface area contributed by atoms with Crippen LogP contribution in [-0.2, 0) is 10.4 Å². The van der Waals surface area contributed by atoms with E-state index in [1.54, 1.807) is 36.4 Å². The van der Waals surface area contributed by atoms with Gasteiger partial charge in [-0.15, -0.1) is 6.58 Å². The Morgan fingerprint density at radius 3 is 2.83 bits per heavy atom. The minimum atomic E-state index is -1.95. The van der Waals surface area contributed by atoms with Crippen LogP contribution >= 0.6 is 0 Å². The molecule has 0 saturated carbocycles. The van der Waals surface area contributed by atoms with Gasteiger partial charge in [-0.1, -0.05) is 30.9 Å². The standard InChI is InChI=1S/C14H12N2O2/c1-3-8-16-12-7-5-4-6-11(12)14(18,13(16)17)10(2)9-15/h3-7,18H,1-2,8H2. The van der Waals surface area contributed by atoms with Crippen molar-refractivity contribution in [2.45, 2.75) is 5.60 Å². The minimum absolute atomic E-state index is 0.175. The lowest BCUT2D eigenvalue weighted by molar-refractivity contribution is -0.132. The van der Waals surface area contributed by atoms with Crippen LogP contribution in [-0.4, -0.2) is 17.6 Å². The number of para-hydroxylation sites is 1. The molecule has 0 aromatic heterocycles. The molecule has 4 heteroatoms. The van der Waals surface area contributed by atoms with Crippen LogP contribution in [0.3, 0.4) is 0 Å². The number of nitriles is 1. The molecule has 1 aliphatic heterocycles. The summed E-state index contributed by atoms with van der Waals surface area (Å²) in [6, 6.07) is 8.58. The minimum Gasteiger partial charge on any atom is -0.371 e. The normalized spacial score (nSPS) is 21.3. The average Bonchev–Trinajstić information content (AvgIpc) is 2.62. The van der Waals surface area contributed by atoms with Crippen molar-refractivity contribution in [3.63, 3.8) is 0 Å². The van der Waals surface area contributed by atoms with Gasteiger partial charge in [-0.2, -0.15) is 5.26 Å². The third-order valence-electron chi connectivity index (χ3n) is 3.02. The molecule has 0 saturated heterocycles. The summed E-state index contributed by atoms with van der Waals surface area (Å²) in [5.74, 6) is -0.560. The van der Waals surface area contributed by atoms with E-state index in [2.05, 4.69) is 13.2 Å². The highest BCUT2D eigenvalue weighted by Crippen LogP contribution is 2.43. The first-order chi connectivity index (χ1) is 8.57. The van der Waals surface area contributed by atoms with Crippen LogP contribution in [0.1, 0.15) is 5.56 Å². The maximum absolute atomic E-state index is 12.3. The Morgan fingerprint density at radius 1 is 1.56 bits per heavy atom. The second kappa shape index (κ2) is 4.13. The summed E-state index contributed by atoms with van der Waals surface area (Å²) in [6.45, 7) is 7.34. The van der Waals surface area contributed by atoms with Crippen molar-refractivity contribution in [1.82, 2.24) is 0 Å². The van der Waals surface area contributed by atoms with E-state index >= 15 is 0 Å². The number of anilines is 1. The lowest BCUT2D eigenvalue weighted by atomic mass is 9.89. The monoisotopic (exact) mass is 240 g/mol. The topological polar surface area (TPSA) is 64.3 Å². The van der Waals surface area contributed by atoms with Gasteiger partial charge in [-0.05, 0) is 6.07 Å². The first kappa shape index (κ1) is 12.1. The third-order valence-corrected chi connectivity index (χ3v) is 3.02. The zero-order valence-corrected chi connectivity index (χ0v) is 9.76. The van der Waals surface area contributed by atoms with E-state index in [-0.39, 0.29) is 12.1 Å². The highest BCUT2D eigenvalue weighted by molar-refractivity contribution is 6.09.